The number of aromatic nitrogens is 7. The molecule has 0 aliphatic carbocycles. The predicted octanol–water partition coefficient (Wildman–Crippen LogP) is 6.52. The number of nitrogens with one attached hydrogen (secondary N) is 6. The van der Waals surface area contributed by atoms with Gasteiger partial charge in [-0.1, -0.05) is 44.2 Å². The third-order valence-corrected chi connectivity index (χ3v) is 17.8. The minimum atomic E-state index is -1.28. The summed E-state index contributed by atoms with van der Waals surface area (Å²) in [6.45, 7) is 4.83. The SMILES string of the molecule is CNC(=O)CC1NC(=O)c2csc(n2)-c2ccc(-c3nc(C(=O)NCCC(=O)O)cs3)nc2-c2csc(n2)-c2csc(n2)C(C(O)c2ccccc2)NC(=O)CNC(=O)c2nc(sc2COC)C(C(C)C)NC(=O)c2nc1sc2C. The Labute approximate surface area is 479 Å². The van der Waals surface area contributed by atoms with Crippen molar-refractivity contribution < 1.29 is 48.5 Å². The summed E-state index contributed by atoms with van der Waals surface area (Å²) in [4.78, 5) is 128. The van der Waals surface area contributed by atoms with Gasteiger partial charge in [0.2, 0.25) is 11.8 Å². The van der Waals surface area contributed by atoms with Gasteiger partial charge in [0.1, 0.15) is 82.0 Å². The molecule has 0 saturated heterocycles. The van der Waals surface area contributed by atoms with E-state index in [9.17, 15) is 38.7 Å². The number of aliphatic hydroxyl groups excluding tert-OH is 1. The third-order valence-electron chi connectivity index (χ3n) is 12.1. The van der Waals surface area contributed by atoms with Gasteiger partial charge in [0, 0.05) is 52.7 Å². The van der Waals surface area contributed by atoms with Crippen molar-refractivity contribution in [2.24, 2.45) is 5.92 Å². The number of methoxy groups -OCH3 is 1. The first-order valence-corrected chi connectivity index (χ1v) is 29.6. The molecule has 4 unspecified atom stereocenters. The number of aliphatic hydroxyl groups is 1. The average Bonchev–Trinajstić information content (AvgIpc) is 4.35. The molecule has 80 heavy (non-hydrogen) atoms. The van der Waals surface area contributed by atoms with Gasteiger partial charge >= 0.3 is 5.97 Å². The number of nitrogens with zero attached hydrogens (tertiary/aromatic N) is 7. The summed E-state index contributed by atoms with van der Waals surface area (Å²) in [5.41, 5.74) is 2.55. The van der Waals surface area contributed by atoms with Crippen LogP contribution >= 0.6 is 68.0 Å². The lowest BCUT2D eigenvalue weighted by Crippen LogP contribution is -2.40. The van der Waals surface area contributed by atoms with Gasteiger partial charge in [-0.2, -0.15) is 0 Å². The standard InChI is InChI=1S/C51H49N13O10S6/c1-22(2)36-51-64-39(32(80-51)17-74-5)44(72)54-16-34(66)61-40(41(69)24-9-7-6-8-10-24)50-60-31(21-78-50)48-57-28(18-76-48)38-25(11-12-26(55-38)47-59-29(19-77-47)42(70)53-14-13-35(67)68)46-58-30(20-75-46)43(71)56-27(15-33(65)52-4)49-63-37(23(3)79-49)45(73)62-36/h6-12,18-22,27,36,40-41,69H,13-17H2,1-5H3,(H,52,65)(H,53,70)(H,54,72)(H,56,71)(H,61,66)(H,62,73)(H,67,68). The van der Waals surface area contributed by atoms with Crippen LogP contribution in [0.15, 0.2) is 64.0 Å². The summed E-state index contributed by atoms with van der Waals surface area (Å²) in [5.74, 6) is -4.81. The lowest BCUT2D eigenvalue weighted by Gasteiger charge is -2.23. The first kappa shape index (κ1) is 57.1. The van der Waals surface area contributed by atoms with Crippen molar-refractivity contribution in [3.63, 3.8) is 0 Å². The number of ether oxygens (including phenoxy) is 1. The fourth-order valence-electron chi connectivity index (χ4n) is 8.06. The molecular weight excluding hydrogens is 1150 g/mol. The van der Waals surface area contributed by atoms with Gasteiger partial charge in [-0.25, -0.2) is 34.9 Å². The zero-order valence-electron chi connectivity index (χ0n) is 43.0. The second kappa shape index (κ2) is 25.2. The number of aliphatic carboxylic acids is 1. The molecule has 9 rings (SSSR count). The van der Waals surface area contributed by atoms with E-state index >= 15 is 0 Å². The topological polar surface area (TPSA) is 332 Å². The molecule has 1 aliphatic rings. The number of amides is 6. The highest BCUT2D eigenvalue weighted by Gasteiger charge is 2.33. The molecule has 7 aromatic heterocycles. The van der Waals surface area contributed by atoms with E-state index in [4.69, 9.17) is 29.8 Å². The summed E-state index contributed by atoms with van der Waals surface area (Å²) in [6, 6.07) is 9.33. The van der Waals surface area contributed by atoms with Crippen LogP contribution in [0.25, 0.3) is 43.4 Å². The van der Waals surface area contributed by atoms with Crippen LogP contribution in [-0.4, -0.2) is 114 Å². The van der Waals surface area contributed by atoms with E-state index < -0.39 is 72.2 Å². The van der Waals surface area contributed by atoms with Crippen molar-refractivity contribution >= 4 is 109 Å². The van der Waals surface area contributed by atoms with Crippen LogP contribution in [0.2, 0.25) is 0 Å². The first-order chi connectivity index (χ1) is 38.5. The number of hydrogen-bond acceptors (Lipinski definition) is 22. The lowest BCUT2D eigenvalue weighted by atomic mass is 10.0. The molecule has 0 saturated carbocycles. The number of carbonyl (C=O) groups is 7. The van der Waals surface area contributed by atoms with E-state index in [2.05, 4.69) is 46.9 Å². The molecule has 10 bridgehead atoms. The smallest absolute Gasteiger partial charge is 0.305 e. The minimum Gasteiger partial charge on any atom is -0.481 e. The van der Waals surface area contributed by atoms with E-state index in [0.717, 1.165) is 45.3 Å². The predicted molar refractivity (Wildman–Crippen MR) is 301 cm³/mol. The Morgan fingerprint density at radius 3 is 2.17 bits per heavy atom. The number of rotatable bonds is 12. The van der Waals surface area contributed by atoms with Crippen molar-refractivity contribution in [2.45, 2.75) is 64.4 Å². The van der Waals surface area contributed by atoms with Crippen LogP contribution in [0.1, 0.15) is 123 Å². The highest BCUT2D eigenvalue weighted by atomic mass is 32.1. The number of fused-ring (bicyclic) bond motifs is 14. The van der Waals surface area contributed by atoms with Gasteiger partial charge in [0.05, 0.1) is 48.6 Å². The summed E-state index contributed by atoms with van der Waals surface area (Å²) in [7, 11) is 2.93. The maximum atomic E-state index is 14.2. The van der Waals surface area contributed by atoms with Crippen molar-refractivity contribution in [1.29, 1.82) is 0 Å². The van der Waals surface area contributed by atoms with Crippen molar-refractivity contribution in [2.75, 3.05) is 27.2 Å². The molecule has 0 radical (unpaired) electrons. The quantitative estimate of drug-likeness (QED) is 0.0645. The molecule has 0 fully saturated rings. The number of carboxylic acids is 1. The van der Waals surface area contributed by atoms with E-state index in [1.54, 1.807) is 65.5 Å². The number of carboxylic acid groups (broad SMARTS) is 1. The summed E-state index contributed by atoms with van der Waals surface area (Å²) < 4.78 is 5.44. The van der Waals surface area contributed by atoms with Crippen molar-refractivity contribution in [1.82, 2.24) is 66.8 Å². The molecule has 29 heteroatoms. The molecule has 4 atom stereocenters. The van der Waals surface area contributed by atoms with Gasteiger partial charge in [0.15, 0.2) is 0 Å². The molecular formula is C51H49N13O10S6. The third kappa shape index (κ3) is 13.0. The molecule has 8 aromatic rings. The van der Waals surface area contributed by atoms with Gasteiger partial charge in [-0.05, 0) is 30.5 Å². The maximum Gasteiger partial charge on any atom is 0.305 e. The lowest BCUT2D eigenvalue weighted by molar-refractivity contribution is -0.136. The second-order valence-corrected chi connectivity index (χ2v) is 23.9. The van der Waals surface area contributed by atoms with Crippen molar-refractivity contribution in [3.8, 4) is 43.4 Å². The van der Waals surface area contributed by atoms with Gasteiger partial charge in [-0.15, -0.1) is 68.0 Å². The van der Waals surface area contributed by atoms with Gasteiger partial charge in [-0.3, -0.25) is 33.6 Å². The van der Waals surface area contributed by atoms with Crippen LogP contribution in [0, 0.1) is 12.8 Å². The average molecular weight is 1200 g/mol. The molecule has 8 N–H and O–H groups in total. The van der Waals surface area contributed by atoms with E-state index in [1.807, 2.05) is 13.8 Å². The number of hydrogen-bond donors (Lipinski definition) is 8. The number of benzene rings is 1. The molecule has 23 nitrogen and oxygen atoms in total. The number of carbonyl (C=O) groups excluding carboxylic acids is 6. The Morgan fingerprint density at radius 2 is 1.43 bits per heavy atom. The highest BCUT2D eigenvalue weighted by Crippen LogP contribution is 2.40. The molecule has 8 heterocycles. The fourth-order valence-corrected chi connectivity index (χ4v) is 13.6. The van der Waals surface area contributed by atoms with Crippen LogP contribution in [-0.2, 0) is 25.7 Å². The van der Waals surface area contributed by atoms with Crippen LogP contribution in [0.5, 0.6) is 0 Å². The number of pyridine rings is 1. The summed E-state index contributed by atoms with van der Waals surface area (Å²) in [6.07, 6.45) is -1.78. The number of thiazole rings is 6. The summed E-state index contributed by atoms with van der Waals surface area (Å²) >= 11 is 7.01. The van der Waals surface area contributed by atoms with E-state index in [0.29, 0.717) is 68.7 Å². The molecule has 6 amide bonds. The zero-order valence-corrected chi connectivity index (χ0v) is 47.9. The minimum absolute atomic E-state index is 0.00243. The van der Waals surface area contributed by atoms with Gasteiger partial charge < -0.3 is 46.9 Å². The van der Waals surface area contributed by atoms with Gasteiger partial charge in [0.25, 0.3) is 23.6 Å². The Kier molecular flexibility index (Phi) is 18.0. The molecule has 414 valence electrons. The molecule has 1 aromatic carbocycles. The van der Waals surface area contributed by atoms with Crippen molar-refractivity contribution in [3.05, 3.63) is 117 Å². The van der Waals surface area contributed by atoms with Crippen LogP contribution in [0.4, 0.5) is 0 Å². The first-order valence-electron chi connectivity index (χ1n) is 24.4. The largest absolute Gasteiger partial charge is 0.481 e. The summed E-state index contributed by atoms with van der Waals surface area (Å²) in [5, 5.41) is 46.3. The second-order valence-electron chi connectivity index (χ2n) is 18.1. The van der Waals surface area contributed by atoms with Crippen LogP contribution in [0.3, 0.4) is 0 Å². The maximum absolute atomic E-state index is 14.2. The Morgan fingerprint density at radius 1 is 0.713 bits per heavy atom. The van der Waals surface area contributed by atoms with E-state index in [-0.39, 0.29) is 59.7 Å². The Bertz CT molecular complexity index is 3620. The Hall–Kier alpha value is -7.64. The van der Waals surface area contributed by atoms with E-state index in [1.165, 1.54) is 42.2 Å². The highest BCUT2D eigenvalue weighted by molar-refractivity contribution is 7.15. The number of aryl methyl sites for hydroxylation is 1. The molecule has 0 spiro atoms. The monoisotopic (exact) mass is 1200 g/mol. The Balaban J connectivity index is 1.13. The normalized spacial score (nSPS) is 16.5. The molecule has 1 aliphatic heterocycles. The van der Waals surface area contributed by atoms with Crippen LogP contribution < -0.4 is 31.9 Å². The zero-order chi connectivity index (χ0) is 56.8. The fraction of sp³-hybridized carbons (Fsp3) is 0.294.